The SMILES string of the molecule is NC1CCN(Cc2cn3cc(Cl)ccc3n2)C1. The minimum Gasteiger partial charge on any atom is -0.326 e. The van der Waals surface area contributed by atoms with Crippen molar-refractivity contribution < 1.29 is 0 Å². The average Bonchev–Trinajstić information content (AvgIpc) is 2.84. The van der Waals surface area contributed by atoms with Crippen molar-refractivity contribution in [1.29, 1.82) is 0 Å². The lowest BCUT2D eigenvalue weighted by Crippen LogP contribution is -2.26. The van der Waals surface area contributed by atoms with E-state index in [2.05, 4.69) is 9.88 Å². The third-order valence-corrected chi connectivity index (χ3v) is 3.38. The Morgan fingerprint density at radius 1 is 1.41 bits per heavy atom. The predicted molar refractivity (Wildman–Crippen MR) is 68.1 cm³/mol. The lowest BCUT2D eigenvalue weighted by atomic mass is 10.3. The third kappa shape index (κ3) is 2.29. The first-order chi connectivity index (χ1) is 8.20. The number of nitrogens with two attached hydrogens (primary N) is 1. The highest BCUT2D eigenvalue weighted by Crippen LogP contribution is 2.15. The molecule has 1 unspecified atom stereocenters. The van der Waals surface area contributed by atoms with Crippen LogP contribution in [0.4, 0.5) is 0 Å². The minimum absolute atomic E-state index is 0.321. The van der Waals surface area contributed by atoms with Gasteiger partial charge in [0.2, 0.25) is 0 Å². The Labute approximate surface area is 105 Å². The van der Waals surface area contributed by atoms with E-state index in [1.807, 2.05) is 28.9 Å². The van der Waals surface area contributed by atoms with E-state index in [9.17, 15) is 0 Å². The normalized spacial score (nSPS) is 21.4. The van der Waals surface area contributed by atoms with E-state index < -0.39 is 0 Å². The molecule has 2 N–H and O–H groups in total. The Kier molecular flexibility index (Phi) is 2.78. The first-order valence-electron chi connectivity index (χ1n) is 5.82. The maximum absolute atomic E-state index is 5.94. The molecule has 17 heavy (non-hydrogen) atoms. The summed E-state index contributed by atoms with van der Waals surface area (Å²) < 4.78 is 1.97. The molecule has 0 bridgehead atoms. The summed E-state index contributed by atoms with van der Waals surface area (Å²) in [4.78, 5) is 6.91. The zero-order valence-corrected chi connectivity index (χ0v) is 10.3. The molecule has 0 aromatic carbocycles. The fourth-order valence-electron chi connectivity index (χ4n) is 2.33. The van der Waals surface area contributed by atoms with Gasteiger partial charge in [0, 0.05) is 38.1 Å². The Hall–Kier alpha value is -1.10. The fraction of sp³-hybridized carbons (Fsp3) is 0.417. The molecule has 2 aromatic rings. The smallest absolute Gasteiger partial charge is 0.137 e. The molecule has 5 heteroatoms. The lowest BCUT2D eigenvalue weighted by Gasteiger charge is -2.12. The average molecular weight is 251 g/mol. The summed E-state index contributed by atoms with van der Waals surface area (Å²) in [6.45, 7) is 2.90. The molecule has 3 rings (SSSR count). The summed E-state index contributed by atoms with van der Waals surface area (Å²) in [5, 5.41) is 0.727. The van der Waals surface area contributed by atoms with Gasteiger partial charge >= 0.3 is 0 Å². The summed E-state index contributed by atoms with van der Waals surface area (Å²) >= 11 is 5.94. The molecule has 1 aliphatic heterocycles. The van der Waals surface area contributed by atoms with E-state index in [0.29, 0.717) is 6.04 Å². The molecule has 1 saturated heterocycles. The lowest BCUT2D eigenvalue weighted by molar-refractivity contribution is 0.323. The summed E-state index contributed by atoms with van der Waals surface area (Å²) in [5.74, 6) is 0. The molecule has 1 atom stereocenters. The maximum atomic E-state index is 5.94. The van der Waals surface area contributed by atoms with E-state index in [0.717, 1.165) is 42.4 Å². The van der Waals surface area contributed by atoms with Crippen molar-refractivity contribution in [2.24, 2.45) is 5.73 Å². The number of fused-ring (bicyclic) bond motifs is 1. The van der Waals surface area contributed by atoms with Crippen molar-refractivity contribution in [3.63, 3.8) is 0 Å². The Morgan fingerprint density at radius 3 is 3.06 bits per heavy atom. The molecule has 1 fully saturated rings. The van der Waals surface area contributed by atoms with Gasteiger partial charge in [0.1, 0.15) is 5.65 Å². The summed E-state index contributed by atoms with van der Waals surface area (Å²) in [5.41, 5.74) is 7.90. The molecular formula is C12H15ClN4. The Bertz CT molecular complexity index is 536. The van der Waals surface area contributed by atoms with Crippen LogP contribution in [0.5, 0.6) is 0 Å². The maximum Gasteiger partial charge on any atom is 0.137 e. The van der Waals surface area contributed by atoms with Gasteiger partial charge in [-0.25, -0.2) is 4.98 Å². The Balaban J connectivity index is 1.81. The highest BCUT2D eigenvalue weighted by atomic mass is 35.5. The van der Waals surface area contributed by atoms with Crippen molar-refractivity contribution >= 4 is 17.2 Å². The van der Waals surface area contributed by atoms with E-state index >= 15 is 0 Å². The molecular weight excluding hydrogens is 236 g/mol. The molecule has 2 aromatic heterocycles. The van der Waals surface area contributed by atoms with Gasteiger partial charge in [-0.05, 0) is 18.6 Å². The van der Waals surface area contributed by atoms with Crippen molar-refractivity contribution in [3.8, 4) is 0 Å². The van der Waals surface area contributed by atoms with Crippen LogP contribution in [0.3, 0.4) is 0 Å². The van der Waals surface area contributed by atoms with Gasteiger partial charge in [-0.3, -0.25) is 4.90 Å². The van der Waals surface area contributed by atoms with Crippen LogP contribution < -0.4 is 5.73 Å². The minimum atomic E-state index is 0.321. The second-order valence-electron chi connectivity index (χ2n) is 4.63. The molecule has 4 nitrogen and oxygen atoms in total. The number of hydrogen-bond acceptors (Lipinski definition) is 3. The van der Waals surface area contributed by atoms with Gasteiger partial charge in [0.15, 0.2) is 0 Å². The standard InChI is InChI=1S/C12H15ClN4/c13-9-1-2-12-15-11(8-17(12)5-9)7-16-4-3-10(14)6-16/h1-2,5,8,10H,3-4,6-7,14H2. The number of likely N-dealkylation sites (tertiary alicyclic amines) is 1. The number of rotatable bonds is 2. The first-order valence-corrected chi connectivity index (χ1v) is 6.19. The largest absolute Gasteiger partial charge is 0.326 e. The monoisotopic (exact) mass is 250 g/mol. The zero-order valence-electron chi connectivity index (χ0n) is 9.51. The second-order valence-corrected chi connectivity index (χ2v) is 5.07. The van der Waals surface area contributed by atoms with Crippen LogP contribution in [0.15, 0.2) is 24.5 Å². The van der Waals surface area contributed by atoms with Crippen LogP contribution in [0, 0.1) is 0 Å². The van der Waals surface area contributed by atoms with Crippen LogP contribution in [0.1, 0.15) is 12.1 Å². The molecule has 1 aliphatic rings. The Morgan fingerprint density at radius 2 is 2.29 bits per heavy atom. The molecule has 0 spiro atoms. The van der Waals surface area contributed by atoms with E-state index in [4.69, 9.17) is 17.3 Å². The number of nitrogens with zero attached hydrogens (tertiary/aromatic N) is 3. The highest BCUT2D eigenvalue weighted by Gasteiger charge is 2.19. The number of hydrogen-bond donors (Lipinski definition) is 1. The zero-order chi connectivity index (χ0) is 11.8. The summed E-state index contributed by atoms with van der Waals surface area (Å²) in [6.07, 6.45) is 4.99. The molecule has 90 valence electrons. The molecule has 0 aliphatic carbocycles. The van der Waals surface area contributed by atoms with Crippen LogP contribution in [0.25, 0.3) is 5.65 Å². The van der Waals surface area contributed by atoms with Gasteiger partial charge in [-0.15, -0.1) is 0 Å². The quantitative estimate of drug-likeness (QED) is 0.879. The molecule has 3 heterocycles. The number of aromatic nitrogens is 2. The second kappa shape index (κ2) is 4.29. The van der Waals surface area contributed by atoms with Crippen LogP contribution in [-0.2, 0) is 6.54 Å². The summed E-state index contributed by atoms with van der Waals surface area (Å²) in [6, 6.07) is 4.11. The van der Waals surface area contributed by atoms with Gasteiger partial charge < -0.3 is 10.1 Å². The van der Waals surface area contributed by atoms with Gasteiger partial charge in [0.25, 0.3) is 0 Å². The number of imidazole rings is 1. The van der Waals surface area contributed by atoms with E-state index in [1.54, 1.807) is 0 Å². The van der Waals surface area contributed by atoms with Crippen LogP contribution in [0.2, 0.25) is 5.02 Å². The first kappa shape index (κ1) is 11.0. The van der Waals surface area contributed by atoms with Gasteiger partial charge in [0.05, 0.1) is 10.7 Å². The van der Waals surface area contributed by atoms with Gasteiger partial charge in [-0.1, -0.05) is 11.6 Å². The van der Waals surface area contributed by atoms with E-state index in [-0.39, 0.29) is 0 Å². The summed E-state index contributed by atoms with van der Waals surface area (Å²) in [7, 11) is 0. The molecule has 0 saturated carbocycles. The van der Waals surface area contributed by atoms with E-state index in [1.165, 1.54) is 0 Å². The highest BCUT2D eigenvalue weighted by molar-refractivity contribution is 6.30. The third-order valence-electron chi connectivity index (χ3n) is 3.16. The molecule has 0 radical (unpaired) electrons. The number of pyridine rings is 1. The van der Waals surface area contributed by atoms with Crippen molar-refractivity contribution in [1.82, 2.24) is 14.3 Å². The van der Waals surface area contributed by atoms with Crippen molar-refractivity contribution in [3.05, 3.63) is 35.2 Å². The van der Waals surface area contributed by atoms with Crippen molar-refractivity contribution in [2.45, 2.75) is 19.0 Å². The van der Waals surface area contributed by atoms with Crippen LogP contribution >= 0.6 is 11.6 Å². The topological polar surface area (TPSA) is 46.6 Å². The van der Waals surface area contributed by atoms with Gasteiger partial charge in [-0.2, -0.15) is 0 Å². The molecule has 0 amide bonds. The van der Waals surface area contributed by atoms with Crippen molar-refractivity contribution in [2.75, 3.05) is 13.1 Å². The fourth-order valence-corrected chi connectivity index (χ4v) is 2.50. The van der Waals surface area contributed by atoms with Crippen LogP contribution in [-0.4, -0.2) is 33.4 Å². The predicted octanol–water partition coefficient (Wildman–Crippen LogP) is 1.52. The number of halogens is 1.